The minimum Gasteiger partial charge on any atom is -0.371 e. The molecule has 3 rings (SSSR count). The molecular weight excluding hydrogens is 280 g/mol. The molecule has 0 amide bonds. The smallest absolute Gasteiger partial charge is 0.122 e. The van der Waals surface area contributed by atoms with Crippen molar-refractivity contribution in [1.82, 2.24) is 10.3 Å². The van der Waals surface area contributed by atoms with Crippen molar-refractivity contribution in [3.8, 4) is 0 Å². The van der Waals surface area contributed by atoms with E-state index in [9.17, 15) is 0 Å². The molecule has 4 heteroatoms. The summed E-state index contributed by atoms with van der Waals surface area (Å²) < 4.78 is 5.99. The lowest BCUT2D eigenvalue weighted by Crippen LogP contribution is -2.35. The van der Waals surface area contributed by atoms with Crippen molar-refractivity contribution in [3.05, 3.63) is 15.6 Å². The van der Waals surface area contributed by atoms with E-state index in [1.54, 1.807) is 0 Å². The highest BCUT2D eigenvalue weighted by molar-refractivity contribution is 7.11. The molecule has 0 aromatic carbocycles. The van der Waals surface area contributed by atoms with E-state index in [1.807, 2.05) is 11.3 Å². The molecule has 0 aliphatic heterocycles. The zero-order chi connectivity index (χ0) is 15.0. The molecule has 0 bridgehead atoms. The SMILES string of the molecule is CCOC(c1nc(C2CC2)c(CNC(C)(C)C)s1)C1CC1. The van der Waals surface area contributed by atoms with Gasteiger partial charge >= 0.3 is 0 Å². The monoisotopic (exact) mass is 308 g/mol. The number of nitrogens with zero attached hydrogens (tertiary/aromatic N) is 1. The first kappa shape index (κ1) is 15.4. The van der Waals surface area contributed by atoms with Crippen LogP contribution in [-0.4, -0.2) is 17.1 Å². The van der Waals surface area contributed by atoms with Crippen LogP contribution in [0.5, 0.6) is 0 Å². The largest absolute Gasteiger partial charge is 0.371 e. The van der Waals surface area contributed by atoms with E-state index in [1.165, 1.54) is 41.3 Å². The first-order valence-corrected chi connectivity index (χ1v) is 9.15. The van der Waals surface area contributed by atoms with Gasteiger partial charge in [0.2, 0.25) is 0 Å². The molecule has 2 saturated carbocycles. The molecule has 21 heavy (non-hydrogen) atoms. The van der Waals surface area contributed by atoms with E-state index in [4.69, 9.17) is 9.72 Å². The van der Waals surface area contributed by atoms with Crippen LogP contribution in [0.3, 0.4) is 0 Å². The van der Waals surface area contributed by atoms with E-state index in [0.29, 0.717) is 11.8 Å². The van der Waals surface area contributed by atoms with Gasteiger partial charge in [-0.3, -0.25) is 0 Å². The Morgan fingerprint density at radius 1 is 1.29 bits per heavy atom. The average molecular weight is 308 g/mol. The van der Waals surface area contributed by atoms with Gasteiger partial charge in [-0.25, -0.2) is 4.98 Å². The lowest BCUT2D eigenvalue weighted by atomic mass is 10.1. The maximum absolute atomic E-state index is 5.99. The quantitative estimate of drug-likeness (QED) is 0.811. The van der Waals surface area contributed by atoms with Crippen molar-refractivity contribution in [3.63, 3.8) is 0 Å². The van der Waals surface area contributed by atoms with Gasteiger partial charge in [0.25, 0.3) is 0 Å². The molecule has 1 N–H and O–H groups in total. The van der Waals surface area contributed by atoms with Crippen molar-refractivity contribution in [2.75, 3.05) is 6.61 Å². The van der Waals surface area contributed by atoms with Crippen LogP contribution < -0.4 is 5.32 Å². The number of nitrogens with one attached hydrogen (secondary N) is 1. The highest BCUT2D eigenvalue weighted by Crippen LogP contribution is 2.48. The van der Waals surface area contributed by atoms with Crippen LogP contribution in [0, 0.1) is 5.92 Å². The second-order valence-electron chi connectivity index (χ2n) is 7.45. The molecular formula is C17H28N2OS. The normalized spacial score (nSPS) is 20.8. The van der Waals surface area contributed by atoms with Crippen LogP contribution in [0.4, 0.5) is 0 Å². The Bertz CT molecular complexity index is 483. The van der Waals surface area contributed by atoms with Gasteiger partial charge < -0.3 is 10.1 Å². The number of rotatable bonds is 7. The molecule has 1 aromatic rings. The van der Waals surface area contributed by atoms with Crippen LogP contribution in [0.25, 0.3) is 0 Å². The first-order chi connectivity index (χ1) is 9.98. The Morgan fingerprint density at radius 3 is 2.52 bits per heavy atom. The summed E-state index contributed by atoms with van der Waals surface area (Å²) in [5.41, 5.74) is 1.51. The molecule has 2 fully saturated rings. The first-order valence-electron chi connectivity index (χ1n) is 8.34. The van der Waals surface area contributed by atoms with E-state index in [2.05, 4.69) is 33.0 Å². The van der Waals surface area contributed by atoms with E-state index in [-0.39, 0.29) is 11.6 Å². The predicted molar refractivity (Wildman–Crippen MR) is 87.8 cm³/mol. The van der Waals surface area contributed by atoms with Crippen LogP contribution in [-0.2, 0) is 11.3 Å². The Balaban J connectivity index is 1.78. The number of ether oxygens (including phenoxy) is 1. The minimum absolute atomic E-state index is 0.154. The highest BCUT2D eigenvalue weighted by Gasteiger charge is 2.37. The van der Waals surface area contributed by atoms with Crippen molar-refractivity contribution in [2.24, 2.45) is 5.92 Å². The number of aromatic nitrogens is 1. The summed E-state index contributed by atoms with van der Waals surface area (Å²) in [6, 6.07) is 0. The second kappa shape index (κ2) is 5.98. The Labute approximate surface area is 132 Å². The molecule has 2 aliphatic carbocycles. The van der Waals surface area contributed by atoms with Crippen LogP contribution in [0.1, 0.15) is 81.0 Å². The third kappa shape index (κ3) is 4.05. The van der Waals surface area contributed by atoms with E-state index >= 15 is 0 Å². The fourth-order valence-electron chi connectivity index (χ4n) is 2.64. The van der Waals surface area contributed by atoms with Crippen LogP contribution >= 0.6 is 11.3 Å². The molecule has 1 unspecified atom stereocenters. The third-order valence-electron chi connectivity index (χ3n) is 4.13. The fraction of sp³-hybridized carbons (Fsp3) is 0.824. The predicted octanol–water partition coefficient (Wildman–Crippen LogP) is 4.40. The lowest BCUT2D eigenvalue weighted by Gasteiger charge is -2.20. The Kier molecular flexibility index (Phi) is 4.40. The lowest BCUT2D eigenvalue weighted by molar-refractivity contribution is 0.0461. The highest BCUT2D eigenvalue weighted by atomic mass is 32.1. The van der Waals surface area contributed by atoms with Gasteiger partial charge in [-0.15, -0.1) is 11.3 Å². The van der Waals surface area contributed by atoms with Gasteiger partial charge in [-0.05, 0) is 59.3 Å². The molecule has 118 valence electrons. The van der Waals surface area contributed by atoms with Crippen LogP contribution in [0.2, 0.25) is 0 Å². The molecule has 2 aliphatic rings. The number of thiazole rings is 1. The van der Waals surface area contributed by atoms with Gasteiger partial charge in [0.15, 0.2) is 0 Å². The summed E-state index contributed by atoms with van der Waals surface area (Å²) >= 11 is 1.89. The third-order valence-corrected chi connectivity index (χ3v) is 5.26. The van der Waals surface area contributed by atoms with Gasteiger partial charge in [0, 0.05) is 29.5 Å². The Hall–Kier alpha value is -0.450. The van der Waals surface area contributed by atoms with Gasteiger partial charge in [0.1, 0.15) is 11.1 Å². The average Bonchev–Trinajstić information content (AvgIpc) is 3.30. The zero-order valence-electron chi connectivity index (χ0n) is 13.7. The summed E-state index contributed by atoms with van der Waals surface area (Å²) in [7, 11) is 0. The fourth-order valence-corrected chi connectivity index (χ4v) is 3.87. The second-order valence-corrected chi connectivity index (χ2v) is 8.57. The molecule has 3 nitrogen and oxygen atoms in total. The maximum atomic E-state index is 5.99. The van der Waals surface area contributed by atoms with E-state index < -0.39 is 0 Å². The Morgan fingerprint density at radius 2 is 2.00 bits per heavy atom. The van der Waals surface area contributed by atoms with Gasteiger partial charge in [-0.1, -0.05) is 0 Å². The van der Waals surface area contributed by atoms with Crippen molar-refractivity contribution >= 4 is 11.3 Å². The summed E-state index contributed by atoms with van der Waals surface area (Å²) in [5, 5.41) is 4.85. The molecule has 0 saturated heterocycles. The van der Waals surface area contributed by atoms with Gasteiger partial charge in [0.05, 0.1) is 5.69 Å². The van der Waals surface area contributed by atoms with Crippen molar-refractivity contribution in [1.29, 1.82) is 0 Å². The van der Waals surface area contributed by atoms with E-state index in [0.717, 1.165) is 13.2 Å². The maximum Gasteiger partial charge on any atom is 0.122 e. The molecule has 0 radical (unpaired) electrons. The zero-order valence-corrected chi connectivity index (χ0v) is 14.6. The van der Waals surface area contributed by atoms with Crippen LogP contribution in [0.15, 0.2) is 0 Å². The minimum atomic E-state index is 0.154. The topological polar surface area (TPSA) is 34.1 Å². The number of hydrogen-bond acceptors (Lipinski definition) is 4. The number of hydrogen-bond donors (Lipinski definition) is 1. The van der Waals surface area contributed by atoms with Crippen molar-refractivity contribution in [2.45, 2.75) is 77.5 Å². The molecule has 0 spiro atoms. The molecule has 1 heterocycles. The van der Waals surface area contributed by atoms with Gasteiger partial charge in [-0.2, -0.15) is 0 Å². The summed E-state index contributed by atoms with van der Waals surface area (Å²) in [5.74, 6) is 1.43. The summed E-state index contributed by atoms with van der Waals surface area (Å²) in [6.45, 7) is 10.5. The standard InChI is InChI=1S/C17H28N2OS/c1-5-20-15(12-8-9-12)16-19-14(11-6-7-11)13(21-16)10-18-17(2,3)4/h11-12,15,18H,5-10H2,1-4H3. The summed E-state index contributed by atoms with van der Waals surface area (Å²) in [6.07, 6.45) is 5.49. The molecule has 1 atom stereocenters. The van der Waals surface area contributed by atoms with Crippen molar-refractivity contribution < 1.29 is 4.74 Å². The molecule has 1 aromatic heterocycles. The summed E-state index contributed by atoms with van der Waals surface area (Å²) in [4.78, 5) is 6.44.